The Kier molecular flexibility index (Phi) is 3.93. The third kappa shape index (κ3) is 2.98. The molecule has 0 atom stereocenters. The van der Waals surface area contributed by atoms with Gasteiger partial charge in [-0.05, 0) is 43.9 Å². The average Bonchev–Trinajstić information content (AvgIpc) is 2.66. The minimum absolute atomic E-state index is 0.00740. The van der Waals surface area contributed by atoms with Gasteiger partial charge < -0.3 is 10.3 Å². The van der Waals surface area contributed by atoms with Crippen LogP contribution in [0.3, 0.4) is 0 Å². The Morgan fingerprint density at radius 2 is 2.05 bits per heavy atom. The number of rotatable bonds is 4. The number of fused-ring (bicyclic) bond motifs is 1. The minimum Gasteiger partial charge on any atom is -0.351 e. The van der Waals surface area contributed by atoms with Crippen LogP contribution in [0.25, 0.3) is 10.9 Å². The Hall–Kier alpha value is -1.77. The minimum atomic E-state index is -0.00740. The maximum absolute atomic E-state index is 12.2. The highest BCUT2D eigenvalue weighted by atomic mass is 16.1. The summed E-state index contributed by atoms with van der Waals surface area (Å²) in [6, 6.07) is 6.20. The summed E-state index contributed by atoms with van der Waals surface area (Å²) in [6.07, 6.45) is 1.00. The maximum atomic E-state index is 12.2. The van der Waals surface area contributed by atoms with E-state index in [-0.39, 0.29) is 5.91 Å². The van der Waals surface area contributed by atoms with Gasteiger partial charge in [-0.25, -0.2) is 0 Å². The second-order valence-electron chi connectivity index (χ2n) is 5.61. The van der Waals surface area contributed by atoms with Crippen LogP contribution in [-0.4, -0.2) is 17.4 Å². The molecule has 3 heteroatoms. The van der Waals surface area contributed by atoms with Crippen LogP contribution in [0.4, 0.5) is 0 Å². The Morgan fingerprint density at radius 1 is 1.32 bits per heavy atom. The Bertz CT molecular complexity index is 596. The van der Waals surface area contributed by atoms with Gasteiger partial charge in [-0.2, -0.15) is 0 Å². The fourth-order valence-electron chi connectivity index (χ4n) is 2.23. The zero-order valence-electron chi connectivity index (χ0n) is 12.1. The van der Waals surface area contributed by atoms with Gasteiger partial charge in [0, 0.05) is 17.4 Å². The molecule has 0 aliphatic rings. The number of nitrogens with one attached hydrogen (secondary N) is 2. The van der Waals surface area contributed by atoms with Crippen LogP contribution in [0, 0.1) is 19.8 Å². The van der Waals surface area contributed by atoms with E-state index in [2.05, 4.69) is 43.2 Å². The van der Waals surface area contributed by atoms with E-state index in [4.69, 9.17) is 0 Å². The molecule has 1 amide bonds. The van der Waals surface area contributed by atoms with Crippen molar-refractivity contribution in [2.75, 3.05) is 6.54 Å². The summed E-state index contributed by atoms with van der Waals surface area (Å²) in [4.78, 5) is 15.4. The highest BCUT2D eigenvalue weighted by Gasteiger charge is 2.14. The van der Waals surface area contributed by atoms with E-state index in [1.807, 2.05) is 13.0 Å². The highest BCUT2D eigenvalue weighted by molar-refractivity contribution is 6.00. The third-order valence-electron chi connectivity index (χ3n) is 3.45. The number of benzene rings is 1. The molecule has 1 heterocycles. The molecule has 0 aliphatic heterocycles. The molecule has 19 heavy (non-hydrogen) atoms. The summed E-state index contributed by atoms with van der Waals surface area (Å²) < 4.78 is 0. The molecule has 102 valence electrons. The second-order valence-corrected chi connectivity index (χ2v) is 5.61. The number of H-pyrrole nitrogens is 1. The van der Waals surface area contributed by atoms with Crippen molar-refractivity contribution in [3.8, 4) is 0 Å². The molecule has 0 radical (unpaired) electrons. The fraction of sp³-hybridized carbons (Fsp3) is 0.438. The normalized spacial score (nSPS) is 11.2. The number of aryl methyl sites for hydroxylation is 2. The topological polar surface area (TPSA) is 44.9 Å². The van der Waals surface area contributed by atoms with E-state index in [1.165, 1.54) is 5.56 Å². The lowest BCUT2D eigenvalue weighted by Gasteiger charge is -2.06. The third-order valence-corrected chi connectivity index (χ3v) is 3.45. The van der Waals surface area contributed by atoms with Gasteiger partial charge in [0.15, 0.2) is 0 Å². The van der Waals surface area contributed by atoms with Gasteiger partial charge in [-0.15, -0.1) is 0 Å². The standard InChI is InChI=1S/C16H22N2O/c1-10(2)7-8-17-16(19)15-12(4)13-9-11(3)5-6-14(13)18-15/h5-6,9-10,18H,7-8H2,1-4H3,(H,17,19). The molecular formula is C16H22N2O. The SMILES string of the molecule is Cc1ccc2[nH]c(C(=O)NCCC(C)C)c(C)c2c1. The van der Waals surface area contributed by atoms with Crippen molar-refractivity contribution in [2.45, 2.75) is 34.1 Å². The van der Waals surface area contributed by atoms with Crippen molar-refractivity contribution in [2.24, 2.45) is 5.92 Å². The molecule has 0 bridgehead atoms. The summed E-state index contributed by atoms with van der Waals surface area (Å²) in [5.74, 6) is 0.596. The van der Waals surface area contributed by atoms with E-state index in [0.717, 1.165) is 29.4 Å². The number of carbonyl (C=O) groups is 1. The number of aromatic amines is 1. The van der Waals surface area contributed by atoms with Crippen LogP contribution < -0.4 is 5.32 Å². The first kappa shape index (κ1) is 13.7. The summed E-state index contributed by atoms with van der Waals surface area (Å²) in [7, 11) is 0. The number of hydrogen-bond acceptors (Lipinski definition) is 1. The molecule has 0 aliphatic carbocycles. The second kappa shape index (κ2) is 5.47. The van der Waals surface area contributed by atoms with Gasteiger partial charge in [0.1, 0.15) is 5.69 Å². The van der Waals surface area contributed by atoms with Crippen LogP contribution in [0.15, 0.2) is 18.2 Å². The molecule has 0 saturated heterocycles. The zero-order chi connectivity index (χ0) is 14.0. The first-order valence-corrected chi connectivity index (χ1v) is 6.86. The van der Waals surface area contributed by atoms with Gasteiger partial charge in [0.25, 0.3) is 5.91 Å². The van der Waals surface area contributed by atoms with Crippen molar-refractivity contribution in [3.05, 3.63) is 35.0 Å². The van der Waals surface area contributed by atoms with Gasteiger partial charge in [0.2, 0.25) is 0 Å². The molecule has 1 aromatic heterocycles. The molecule has 2 rings (SSSR count). The number of carbonyl (C=O) groups excluding carboxylic acids is 1. The zero-order valence-corrected chi connectivity index (χ0v) is 12.1. The highest BCUT2D eigenvalue weighted by Crippen LogP contribution is 2.22. The molecule has 1 aromatic carbocycles. The number of hydrogen-bond donors (Lipinski definition) is 2. The first-order valence-electron chi connectivity index (χ1n) is 6.86. The number of amides is 1. The molecule has 0 unspecified atom stereocenters. The first-order chi connectivity index (χ1) is 8.99. The van der Waals surface area contributed by atoms with Gasteiger partial charge >= 0.3 is 0 Å². The average molecular weight is 258 g/mol. The molecule has 0 fully saturated rings. The summed E-state index contributed by atoms with van der Waals surface area (Å²) in [5.41, 5.74) is 3.95. The Balaban J connectivity index is 2.20. The van der Waals surface area contributed by atoms with Gasteiger partial charge in [0.05, 0.1) is 0 Å². The van der Waals surface area contributed by atoms with E-state index in [9.17, 15) is 4.79 Å². The molecule has 2 aromatic rings. The smallest absolute Gasteiger partial charge is 0.268 e. The largest absolute Gasteiger partial charge is 0.351 e. The summed E-state index contributed by atoms with van der Waals surface area (Å²) in [6.45, 7) is 9.10. The quantitative estimate of drug-likeness (QED) is 0.865. The van der Waals surface area contributed by atoms with Crippen LogP contribution in [0.5, 0.6) is 0 Å². The molecule has 2 N–H and O–H groups in total. The van der Waals surface area contributed by atoms with Crippen molar-refractivity contribution in [1.82, 2.24) is 10.3 Å². The predicted molar refractivity (Wildman–Crippen MR) is 79.6 cm³/mol. The van der Waals surface area contributed by atoms with E-state index < -0.39 is 0 Å². The fourth-order valence-corrected chi connectivity index (χ4v) is 2.23. The molecule has 0 spiro atoms. The lowest BCUT2D eigenvalue weighted by molar-refractivity contribution is 0.0947. The van der Waals surface area contributed by atoms with Crippen LogP contribution >= 0.6 is 0 Å². The monoisotopic (exact) mass is 258 g/mol. The lowest BCUT2D eigenvalue weighted by Crippen LogP contribution is -2.26. The molecule has 3 nitrogen and oxygen atoms in total. The van der Waals surface area contributed by atoms with E-state index in [1.54, 1.807) is 0 Å². The van der Waals surface area contributed by atoms with Crippen molar-refractivity contribution in [3.63, 3.8) is 0 Å². The predicted octanol–water partition coefficient (Wildman–Crippen LogP) is 3.56. The summed E-state index contributed by atoms with van der Waals surface area (Å²) >= 11 is 0. The Morgan fingerprint density at radius 3 is 2.74 bits per heavy atom. The van der Waals surface area contributed by atoms with Crippen molar-refractivity contribution >= 4 is 16.8 Å². The Labute approximate surface area is 114 Å². The van der Waals surface area contributed by atoms with Crippen LogP contribution in [-0.2, 0) is 0 Å². The van der Waals surface area contributed by atoms with Crippen LogP contribution in [0.2, 0.25) is 0 Å². The van der Waals surface area contributed by atoms with E-state index >= 15 is 0 Å². The van der Waals surface area contributed by atoms with Gasteiger partial charge in [-0.1, -0.05) is 25.5 Å². The van der Waals surface area contributed by atoms with Crippen LogP contribution in [0.1, 0.15) is 41.9 Å². The number of aromatic nitrogens is 1. The summed E-state index contributed by atoms with van der Waals surface area (Å²) in [5, 5.41) is 4.11. The van der Waals surface area contributed by atoms with Gasteiger partial charge in [-0.3, -0.25) is 4.79 Å². The molecule has 0 saturated carbocycles. The lowest BCUT2D eigenvalue weighted by atomic mass is 10.1. The van der Waals surface area contributed by atoms with Crippen molar-refractivity contribution in [1.29, 1.82) is 0 Å². The van der Waals surface area contributed by atoms with Crippen molar-refractivity contribution < 1.29 is 4.79 Å². The molecular weight excluding hydrogens is 236 g/mol. The maximum Gasteiger partial charge on any atom is 0.268 e. The van der Waals surface area contributed by atoms with E-state index in [0.29, 0.717) is 11.6 Å².